The Morgan fingerprint density at radius 1 is 1.16 bits per heavy atom. The molecule has 3 rings (SSSR count). The second kappa shape index (κ2) is 11.0. The number of hydrogen-bond donors (Lipinski definition) is 1. The van der Waals surface area contributed by atoms with E-state index < -0.39 is 11.6 Å². The molecule has 0 fully saturated rings. The lowest BCUT2D eigenvalue weighted by atomic mass is 10.1. The number of benzene rings is 2. The van der Waals surface area contributed by atoms with Crippen molar-refractivity contribution in [1.29, 1.82) is 0 Å². The molecule has 0 unspecified atom stereocenters. The molecule has 1 N–H and O–H groups in total. The van der Waals surface area contributed by atoms with Gasteiger partial charge in [-0.2, -0.15) is 4.98 Å². The molecule has 3 aromatic rings. The first-order chi connectivity index (χ1) is 14.7. The van der Waals surface area contributed by atoms with E-state index in [1.807, 2.05) is 25.1 Å². The number of aryl methyl sites for hydroxylation is 2. The first-order valence-electron chi connectivity index (χ1n) is 9.86. The maximum Gasteiger partial charge on any atom is 0.276 e. The third kappa shape index (κ3) is 5.94. The summed E-state index contributed by atoms with van der Waals surface area (Å²) in [6.07, 6.45) is 0. The fourth-order valence-electron chi connectivity index (χ4n) is 3.07. The third-order valence-electron chi connectivity index (χ3n) is 4.77. The molecular weight excluding hydrogens is 504 g/mol. The van der Waals surface area contributed by atoms with Gasteiger partial charge in [0.1, 0.15) is 28.5 Å². The highest BCUT2D eigenvalue weighted by molar-refractivity contribution is 9.10. The average molecular weight is 529 g/mol. The molecule has 5 nitrogen and oxygen atoms in total. The van der Waals surface area contributed by atoms with Crippen LogP contribution in [0.4, 0.5) is 8.78 Å². The predicted octanol–water partition coefficient (Wildman–Crippen LogP) is 5.39. The van der Waals surface area contributed by atoms with Crippen molar-refractivity contribution in [3.63, 3.8) is 0 Å². The van der Waals surface area contributed by atoms with Crippen LogP contribution < -0.4 is 15.6 Å². The predicted molar refractivity (Wildman–Crippen MR) is 127 cm³/mol. The van der Waals surface area contributed by atoms with E-state index in [0.717, 1.165) is 28.9 Å². The van der Waals surface area contributed by atoms with E-state index in [1.165, 1.54) is 10.6 Å². The Balaban J connectivity index is 0.00000363. The zero-order valence-corrected chi connectivity index (χ0v) is 20.6. The molecule has 0 saturated carbocycles. The zero-order valence-electron chi connectivity index (χ0n) is 18.2. The SMILES string of the molecule is Cc1ccc(CNC(C)C)cc1-n1c(C)nc(OCc2ccc(F)cc2F)c(Br)c1=O.Cl. The van der Waals surface area contributed by atoms with E-state index in [4.69, 9.17) is 4.74 Å². The van der Waals surface area contributed by atoms with Crippen LogP contribution in [-0.4, -0.2) is 15.6 Å². The maximum atomic E-state index is 13.9. The summed E-state index contributed by atoms with van der Waals surface area (Å²) in [6, 6.07) is 9.52. The van der Waals surface area contributed by atoms with Gasteiger partial charge < -0.3 is 10.1 Å². The minimum Gasteiger partial charge on any atom is -0.472 e. The van der Waals surface area contributed by atoms with Crippen molar-refractivity contribution >= 4 is 28.3 Å². The number of rotatable bonds is 7. The van der Waals surface area contributed by atoms with Gasteiger partial charge in [-0.3, -0.25) is 9.36 Å². The molecule has 0 amide bonds. The Kier molecular flexibility index (Phi) is 8.95. The van der Waals surface area contributed by atoms with Crippen molar-refractivity contribution in [2.45, 2.75) is 46.9 Å². The molecule has 0 saturated heterocycles. The first kappa shape index (κ1) is 26.0. The number of hydrogen-bond acceptors (Lipinski definition) is 4. The van der Waals surface area contributed by atoms with Crippen LogP contribution in [0.5, 0.6) is 5.88 Å². The number of nitrogens with zero attached hydrogens (tertiary/aromatic N) is 2. The lowest BCUT2D eigenvalue weighted by Crippen LogP contribution is -2.25. The van der Waals surface area contributed by atoms with Crippen LogP contribution in [0.1, 0.15) is 36.4 Å². The summed E-state index contributed by atoms with van der Waals surface area (Å²) in [5, 5.41) is 3.36. The average Bonchev–Trinajstić information content (AvgIpc) is 2.71. The van der Waals surface area contributed by atoms with E-state index in [2.05, 4.69) is 40.1 Å². The largest absolute Gasteiger partial charge is 0.472 e. The Labute approximate surface area is 200 Å². The van der Waals surface area contributed by atoms with Crippen molar-refractivity contribution in [3.8, 4) is 11.6 Å². The molecule has 32 heavy (non-hydrogen) atoms. The Hall–Kier alpha value is -2.29. The molecule has 0 atom stereocenters. The van der Waals surface area contributed by atoms with Gasteiger partial charge in [-0.05, 0) is 59.1 Å². The van der Waals surface area contributed by atoms with E-state index >= 15 is 0 Å². The van der Waals surface area contributed by atoms with Gasteiger partial charge in [-0.1, -0.05) is 26.0 Å². The monoisotopic (exact) mass is 527 g/mol. The summed E-state index contributed by atoms with van der Waals surface area (Å²) in [4.78, 5) is 17.5. The molecule has 0 aliphatic rings. The van der Waals surface area contributed by atoms with E-state index in [1.54, 1.807) is 6.92 Å². The minimum atomic E-state index is -0.719. The quantitative estimate of drug-likeness (QED) is 0.447. The summed E-state index contributed by atoms with van der Waals surface area (Å²) in [7, 11) is 0. The van der Waals surface area contributed by atoms with Crippen molar-refractivity contribution in [1.82, 2.24) is 14.9 Å². The molecular formula is C23H25BrClF2N3O2. The van der Waals surface area contributed by atoms with E-state index in [0.29, 0.717) is 18.4 Å². The van der Waals surface area contributed by atoms with E-state index in [-0.39, 0.29) is 40.5 Å². The van der Waals surface area contributed by atoms with Gasteiger partial charge in [0, 0.05) is 24.2 Å². The van der Waals surface area contributed by atoms with Gasteiger partial charge in [0.05, 0.1) is 5.69 Å². The summed E-state index contributed by atoms with van der Waals surface area (Å²) in [5.41, 5.74) is 2.53. The lowest BCUT2D eigenvalue weighted by Gasteiger charge is -2.17. The van der Waals surface area contributed by atoms with Crippen LogP contribution in [0.3, 0.4) is 0 Å². The van der Waals surface area contributed by atoms with Crippen LogP contribution in [0.15, 0.2) is 45.7 Å². The Morgan fingerprint density at radius 3 is 2.53 bits per heavy atom. The van der Waals surface area contributed by atoms with Crippen LogP contribution >= 0.6 is 28.3 Å². The molecule has 1 aromatic heterocycles. The number of nitrogens with one attached hydrogen (secondary N) is 1. The summed E-state index contributed by atoms with van der Waals surface area (Å²) in [5.74, 6) is -0.901. The Bertz CT molecular complexity index is 1170. The number of ether oxygens (including phenoxy) is 1. The molecule has 1 heterocycles. The normalized spacial score (nSPS) is 10.9. The number of halogens is 4. The molecule has 172 valence electrons. The summed E-state index contributed by atoms with van der Waals surface area (Å²) in [6.45, 7) is 8.27. The lowest BCUT2D eigenvalue weighted by molar-refractivity contribution is 0.283. The van der Waals surface area contributed by atoms with E-state index in [9.17, 15) is 13.6 Å². The highest BCUT2D eigenvalue weighted by atomic mass is 79.9. The van der Waals surface area contributed by atoms with Crippen LogP contribution in [0.25, 0.3) is 5.69 Å². The standard InChI is InChI=1S/C23H24BrF2N3O2.ClH/c1-13(2)27-11-16-6-5-14(3)20(9-16)29-15(4)28-22(21(24)23(29)30)31-12-17-7-8-18(25)10-19(17)26;/h5-10,13,27H,11-12H2,1-4H3;1H. The molecule has 9 heteroatoms. The molecule has 0 bridgehead atoms. The van der Waals surface area contributed by atoms with Gasteiger partial charge >= 0.3 is 0 Å². The van der Waals surface area contributed by atoms with Gasteiger partial charge in [0.15, 0.2) is 0 Å². The minimum absolute atomic E-state index is 0. The third-order valence-corrected chi connectivity index (χ3v) is 5.45. The van der Waals surface area contributed by atoms with Crippen molar-refractivity contribution in [2.75, 3.05) is 0 Å². The molecule has 0 aliphatic heterocycles. The smallest absolute Gasteiger partial charge is 0.276 e. The molecule has 0 spiro atoms. The summed E-state index contributed by atoms with van der Waals surface area (Å²) >= 11 is 3.27. The molecule has 0 aliphatic carbocycles. The number of aromatic nitrogens is 2. The highest BCUT2D eigenvalue weighted by Gasteiger charge is 2.17. The van der Waals surface area contributed by atoms with Gasteiger partial charge in [0.25, 0.3) is 5.56 Å². The zero-order chi connectivity index (χ0) is 22.7. The van der Waals surface area contributed by atoms with Crippen molar-refractivity contribution in [2.24, 2.45) is 0 Å². The van der Waals surface area contributed by atoms with Crippen LogP contribution in [-0.2, 0) is 13.2 Å². The first-order valence-corrected chi connectivity index (χ1v) is 10.7. The fraction of sp³-hybridized carbons (Fsp3) is 0.304. The second-order valence-electron chi connectivity index (χ2n) is 7.60. The summed E-state index contributed by atoms with van der Waals surface area (Å²) < 4.78 is 34.2. The fourth-order valence-corrected chi connectivity index (χ4v) is 3.46. The van der Waals surface area contributed by atoms with Crippen molar-refractivity contribution < 1.29 is 13.5 Å². The van der Waals surface area contributed by atoms with Crippen molar-refractivity contribution in [3.05, 3.63) is 85.4 Å². The van der Waals surface area contributed by atoms with Gasteiger partial charge in [0.2, 0.25) is 5.88 Å². The van der Waals surface area contributed by atoms with Gasteiger partial charge in [-0.25, -0.2) is 8.78 Å². The van der Waals surface area contributed by atoms with Crippen LogP contribution in [0.2, 0.25) is 0 Å². The van der Waals surface area contributed by atoms with Crippen LogP contribution in [0, 0.1) is 25.5 Å². The second-order valence-corrected chi connectivity index (χ2v) is 8.39. The topological polar surface area (TPSA) is 56.1 Å². The Morgan fingerprint density at radius 2 is 1.88 bits per heavy atom. The molecule has 0 radical (unpaired) electrons. The highest BCUT2D eigenvalue weighted by Crippen LogP contribution is 2.24. The maximum absolute atomic E-state index is 13.9. The molecule has 2 aromatic carbocycles. The van der Waals surface area contributed by atoms with Gasteiger partial charge in [-0.15, -0.1) is 12.4 Å².